The highest BCUT2D eigenvalue weighted by atomic mass is 32.1. The van der Waals surface area contributed by atoms with Crippen molar-refractivity contribution in [2.75, 3.05) is 18.4 Å². The van der Waals surface area contributed by atoms with E-state index in [1.54, 1.807) is 11.3 Å². The quantitative estimate of drug-likeness (QED) is 0.580. The molecular formula is C23H24N2O2S2. The number of piperidine rings is 1. The van der Waals surface area contributed by atoms with Crippen molar-refractivity contribution in [1.29, 1.82) is 0 Å². The van der Waals surface area contributed by atoms with Crippen molar-refractivity contribution in [3.8, 4) is 10.4 Å². The predicted octanol–water partition coefficient (Wildman–Crippen LogP) is 5.59. The van der Waals surface area contributed by atoms with Gasteiger partial charge in [-0.05, 0) is 59.7 Å². The van der Waals surface area contributed by atoms with Crippen molar-refractivity contribution >= 4 is 39.5 Å². The Morgan fingerprint density at radius 3 is 2.52 bits per heavy atom. The minimum atomic E-state index is -0.0862. The Morgan fingerprint density at radius 1 is 1.07 bits per heavy atom. The van der Waals surface area contributed by atoms with E-state index < -0.39 is 0 Å². The lowest BCUT2D eigenvalue weighted by atomic mass is 10.0. The molecule has 4 nitrogen and oxygen atoms in total. The maximum atomic E-state index is 13.4. The first-order valence-corrected chi connectivity index (χ1v) is 11.7. The van der Waals surface area contributed by atoms with Crippen LogP contribution in [0.4, 0.5) is 5.00 Å². The summed E-state index contributed by atoms with van der Waals surface area (Å²) in [5.74, 6) is -0.0524. The van der Waals surface area contributed by atoms with E-state index in [0.29, 0.717) is 17.0 Å². The second-order valence-electron chi connectivity index (χ2n) is 7.34. The molecule has 2 amide bonds. The fourth-order valence-electron chi connectivity index (χ4n) is 3.73. The van der Waals surface area contributed by atoms with Gasteiger partial charge in [-0.1, -0.05) is 30.3 Å². The molecule has 1 fully saturated rings. The molecule has 0 atom stereocenters. The summed E-state index contributed by atoms with van der Waals surface area (Å²) in [5.41, 5.74) is 3.66. The van der Waals surface area contributed by atoms with E-state index in [-0.39, 0.29) is 11.8 Å². The van der Waals surface area contributed by atoms with E-state index >= 15 is 0 Å². The van der Waals surface area contributed by atoms with Gasteiger partial charge in [0.1, 0.15) is 5.00 Å². The van der Waals surface area contributed by atoms with Crippen LogP contribution >= 0.6 is 22.7 Å². The van der Waals surface area contributed by atoms with Crippen LogP contribution in [0, 0.1) is 6.92 Å². The van der Waals surface area contributed by atoms with Gasteiger partial charge >= 0.3 is 0 Å². The Bertz CT molecular complexity index is 988. The number of nitrogens with one attached hydrogen (secondary N) is 1. The summed E-state index contributed by atoms with van der Waals surface area (Å²) in [7, 11) is 0. The van der Waals surface area contributed by atoms with Crippen LogP contribution in [0.15, 0.2) is 47.2 Å². The molecule has 1 aliphatic rings. The molecular weight excluding hydrogens is 400 g/mol. The summed E-state index contributed by atoms with van der Waals surface area (Å²) in [6.45, 7) is 3.57. The average Bonchev–Trinajstić information content (AvgIpc) is 3.36. The van der Waals surface area contributed by atoms with E-state index in [9.17, 15) is 9.59 Å². The molecule has 6 heteroatoms. The average molecular weight is 425 g/mol. The SMILES string of the molecule is Cc1c(-c2ccccc2)sc(NC(=O)Cc2ccsc2)c1C(=O)N1CCCCC1. The Morgan fingerprint density at radius 2 is 1.83 bits per heavy atom. The maximum Gasteiger partial charge on any atom is 0.257 e. The Hall–Kier alpha value is -2.44. The topological polar surface area (TPSA) is 49.4 Å². The lowest BCUT2D eigenvalue weighted by molar-refractivity contribution is -0.115. The summed E-state index contributed by atoms with van der Waals surface area (Å²) in [4.78, 5) is 29.0. The highest BCUT2D eigenvalue weighted by molar-refractivity contribution is 7.20. The van der Waals surface area contributed by atoms with Gasteiger partial charge in [0.2, 0.25) is 5.91 Å². The van der Waals surface area contributed by atoms with Crippen LogP contribution in [-0.2, 0) is 11.2 Å². The number of nitrogens with zero attached hydrogens (tertiary/aromatic N) is 1. The highest BCUT2D eigenvalue weighted by Gasteiger charge is 2.27. The molecule has 3 heterocycles. The van der Waals surface area contributed by atoms with E-state index in [1.807, 2.05) is 59.0 Å². The summed E-state index contributed by atoms with van der Waals surface area (Å²) in [6, 6.07) is 12.0. The number of likely N-dealkylation sites (tertiary alicyclic amines) is 1. The van der Waals surface area contributed by atoms with Gasteiger partial charge in [-0.15, -0.1) is 11.3 Å². The van der Waals surface area contributed by atoms with Crippen molar-refractivity contribution in [2.24, 2.45) is 0 Å². The molecule has 0 spiro atoms. The molecule has 0 radical (unpaired) electrons. The predicted molar refractivity (Wildman–Crippen MR) is 121 cm³/mol. The zero-order valence-corrected chi connectivity index (χ0v) is 18.1. The fraction of sp³-hybridized carbons (Fsp3) is 0.304. The van der Waals surface area contributed by atoms with Gasteiger partial charge in [-0.3, -0.25) is 9.59 Å². The zero-order valence-electron chi connectivity index (χ0n) is 16.4. The number of rotatable bonds is 5. The lowest BCUT2D eigenvalue weighted by Crippen LogP contribution is -2.36. The van der Waals surface area contributed by atoms with Crippen LogP contribution in [-0.4, -0.2) is 29.8 Å². The normalized spacial score (nSPS) is 14.0. The van der Waals surface area contributed by atoms with Gasteiger partial charge in [-0.25, -0.2) is 0 Å². The number of thiophene rings is 2. The second-order valence-corrected chi connectivity index (χ2v) is 9.14. The maximum absolute atomic E-state index is 13.4. The van der Waals surface area contributed by atoms with Gasteiger partial charge in [0.05, 0.1) is 12.0 Å². The van der Waals surface area contributed by atoms with Crippen molar-refractivity contribution in [3.05, 3.63) is 63.8 Å². The minimum absolute atomic E-state index is 0.0338. The Kier molecular flexibility index (Phi) is 6.11. The van der Waals surface area contributed by atoms with Crippen LogP contribution in [0.3, 0.4) is 0 Å². The standard InChI is InChI=1S/C23H24N2O2S2/c1-16-20(23(27)25-11-6-3-7-12-25)22(24-19(26)14-17-10-13-28-15-17)29-21(16)18-8-4-2-5-9-18/h2,4-5,8-10,13,15H,3,6-7,11-12,14H2,1H3,(H,24,26). The number of carbonyl (C=O) groups is 2. The number of hydrogen-bond acceptors (Lipinski definition) is 4. The van der Waals surface area contributed by atoms with E-state index in [2.05, 4.69) is 5.32 Å². The first-order valence-electron chi connectivity index (χ1n) is 9.92. The number of anilines is 1. The smallest absolute Gasteiger partial charge is 0.257 e. The molecule has 2 aromatic heterocycles. The number of amides is 2. The van der Waals surface area contributed by atoms with Gasteiger partial charge in [0.25, 0.3) is 5.91 Å². The molecule has 1 N–H and O–H groups in total. The van der Waals surface area contributed by atoms with Crippen LogP contribution in [0.2, 0.25) is 0 Å². The van der Waals surface area contributed by atoms with E-state index in [1.165, 1.54) is 17.8 Å². The molecule has 1 aromatic carbocycles. The van der Waals surface area contributed by atoms with Crippen LogP contribution in [0.1, 0.15) is 40.7 Å². The molecule has 1 aliphatic heterocycles. The van der Waals surface area contributed by atoms with Gasteiger partial charge in [-0.2, -0.15) is 11.3 Å². The number of benzene rings is 1. The van der Waals surface area contributed by atoms with Crippen molar-refractivity contribution < 1.29 is 9.59 Å². The molecule has 4 rings (SSSR count). The second kappa shape index (κ2) is 8.93. The monoisotopic (exact) mass is 424 g/mol. The Balaban J connectivity index is 1.67. The van der Waals surface area contributed by atoms with Crippen molar-refractivity contribution in [3.63, 3.8) is 0 Å². The number of hydrogen-bond donors (Lipinski definition) is 1. The van der Waals surface area contributed by atoms with Crippen LogP contribution in [0.25, 0.3) is 10.4 Å². The molecule has 3 aromatic rings. The molecule has 0 saturated carbocycles. The van der Waals surface area contributed by atoms with Crippen LogP contribution in [0.5, 0.6) is 0 Å². The lowest BCUT2D eigenvalue weighted by Gasteiger charge is -2.27. The molecule has 1 saturated heterocycles. The molecule has 0 aliphatic carbocycles. The van der Waals surface area contributed by atoms with Crippen molar-refractivity contribution in [1.82, 2.24) is 4.90 Å². The summed E-state index contributed by atoms with van der Waals surface area (Å²) in [5, 5.41) is 7.65. The largest absolute Gasteiger partial charge is 0.339 e. The third-order valence-electron chi connectivity index (χ3n) is 5.24. The minimum Gasteiger partial charge on any atom is -0.339 e. The summed E-state index contributed by atoms with van der Waals surface area (Å²) >= 11 is 3.08. The third kappa shape index (κ3) is 4.43. The highest BCUT2D eigenvalue weighted by Crippen LogP contribution is 2.40. The molecule has 29 heavy (non-hydrogen) atoms. The van der Waals surface area contributed by atoms with Crippen molar-refractivity contribution in [2.45, 2.75) is 32.6 Å². The van der Waals surface area contributed by atoms with Gasteiger partial charge in [0.15, 0.2) is 0 Å². The molecule has 0 unspecified atom stereocenters. The Labute approximate surface area is 179 Å². The number of carbonyl (C=O) groups excluding carboxylic acids is 2. The first-order chi connectivity index (χ1) is 14.1. The zero-order chi connectivity index (χ0) is 20.2. The van der Waals surface area contributed by atoms with Gasteiger partial charge < -0.3 is 10.2 Å². The first kappa shape index (κ1) is 19.9. The van der Waals surface area contributed by atoms with Gasteiger partial charge in [0, 0.05) is 18.0 Å². The van der Waals surface area contributed by atoms with E-state index in [0.717, 1.165) is 47.5 Å². The molecule has 0 bridgehead atoms. The van der Waals surface area contributed by atoms with Crippen LogP contribution < -0.4 is 5.32 Å². The molecule has 150 valence electrons. The van der Waals surface area contributed by atoms with E-state index in [4.69, 9.17) is 0 Å². The summed E-state index contributed by atoms with van der Waals surface area (Å²) < 4.78 is 0. The third-order valence-corrected chi connectivity index (χ3v) is 7.23. The summed E-state index contributed by atoms with van der Waals surface area (Å²) in [6.07, 6.45) is 3.57. The fourth-order valence-corrected chi connectivity index (χ4v) is 5.62.